The van der Waals surface area contributed by atoms with Crippen LogP contribution in [0.2, 0.25) is 0 Å². The first-order chi connectivity index (χ1) is 9.61. The molecule has 1 fully saturated rings. The number of piperidine rings is 1. The second-order valence-electron chi connectivity index (χ2n) is 5.40. The molecule has 0 bridgehead atoms. The number of Topliss-reactive ketones (excluding diaryl/α,β-unsaturated/α-hetero) is 1. The van der Waals surface area contributed by atoms with Crippen LogP contribution >= 0.6 is 0 Å². The van der Waals surface area contributed by atoms with Gasteiger partial charge >= 0.3 is 5.97 Å². The minimum atomic E-state index is -0.854. The Labute approximate surface area is 119 Å². The maximum absolute atomic E-state index is 12.0. The zero-order valence-electron chi connectivity index (χ0n) is 11.8. The molecule has 2 unspecified atom stereocenters. The highest BCUT2D eigenvalue weighted by Crippen LogP contribution is 2.25. The number of hydrogen-bond donors (Lipinski definition) is 1. The summed E-state index contributed by atoms with van der Waals surface area (Å²) in [5.41, 5.74) is 1.20. The lowest BCUT2D eigenvalue weighted by molar-refractivity contribution is -0.148. The van der Waals surface area contributed by atoms with Gasteiger partial charge in [-0.15, -0.1) is 0 Å². The van der Waals surface area contributed by atoms with Gasteiger partial charge in [0.1, 0.15) is 5.78 Å². The molecule has 1 aromatic carbocycles. The fourth-order valence-electron chi connectivity index (χ4n) is 2.89. The van der Waals surface area contributed by atoms with E-state index >= 15 is 0 Å². The number of benzene rings is 1. The average molecular weight is 275 g/mol. The highest BCUT2D eigenvalue weighted by molar-refractivity contribution is 5.87. The van der Waals surface area contributed by atoms with Gasteiger partial charge in [-0.3, -0.25) is 14.5 Å². The zero-order chi connectivity index (χ0) is 14.5. The second-order valence-corrected chi connectivity index (χ2v) is 5.40. The van der Waals surface area contributed by atoms with E-state index < -0.39 is 11.9 Å². The van der Waals surface area contributed by atoms with E-state index in [1.54, 1.807) is 0 Å². The van der Waals surface area contributed by atoms with Crippen molar-refractivity contribution < 1.29 is 14.7 Å². The molecule has 108 valence electrons. The summed E-state index contributed by atoms with van der Waals surface area (Å²) in [5, 5.41) is 9.25. The Morgan fingerprint density at radius 1 is 1.40 bits per heavy atom. The lowest BCUT2D eigenvalue weighted by Gasteiger charge is -2.34. The molecule has 1 aliphatic heterocycles. The smallest absolute Gasteiger partial charge is 0.307 e. The Hall–Kier alpha value is -1.68. The lowest BCUT2D eigenvalue weighted by atomic mass is 9.82. The summed E-state index contributed by atoms with van der Waals surface area (Å²) in [4.78, 5) is 25.5. The van der Waals surface area contributed by atoms with E-state index in [-0.39, 0.29) is 11.7 Å². The van der Waals surface area contributed by atoms with Crippen LogP contribution in [-0.4, -0.2) is 34.8 Å². The second kappa shape index (κ2) is 6.66. The summed E-state index contributed by atoms with van der Waals surface area (Å²) in [7, 11) is 0. The third-order valence-corrected chi connectivity index (χ3v) is 4.03. The van der Waals surface area contributed by atoms with Crippen LogP contribution in [0.5, 0.6) is 0 Å². The number of nitrogens with zero attached hydrogens (tertiary/aromatic N) is 1. The van der Waals surface area contributed by atoms with Gasteiger partial charge in [0.25, 0.3) is 0 Å². The maximum Gasteiger partial charge on any atom is 0.307 e. The number of aliphatic carboxylic acids is 1. The van der Waals surface area contributed by atoms with E-state index in [4.69, 9.17) is 0 Å². The summed E-state index contributed by atoms with van der Waals surface area (Å²) in [5.74, 6) is -1.67. The molecule has 0 aromatic heterocycles. The van der Waals surface area contributed by atoms with Crippen LogP contribution in [0.15, 0.2) is 30.3 Å². The van der Waals surface area contributed by atoms with Crippen molar-refractivity contribution in [3.8, 4) is 0 Å². The molecule has 1 N–H and O–H groups in total. The first kappa shape index (κ1) is 14.7. The van der Waals surface area contributed by atoms with Crippen LogP contribution in [0.3, 0.4) is 0 Å². The Morgan fingerprint density at radius 3 is 2.70 bits per heavy atom. The molecule has 1 aromatic rings. The van der Waals surface area contributed by atoms with Crippen molar-refractivity contribution >= 4 is 11.8 Å². The van der Waals surface area contributed by atoms with Crippen LogP contribution in [-0.2, 0) is 16.1 Å². The van der Waals surface area contributed by atoms with Gasteiger partial charge in [0.05, 0.1) is 5.92 Å². The first-order valence-electron chi connectivity index (χ1n) is 7.13. The summed E-state index contributed by atoms with van der Waals surface area (Å²) >= 11 is 0. The van der Waals surface area contributed by atoms with E-state index in [0.717, 1.165) is 13.1 Å². The van der Waals surface area contributed by atoms with E-state index in [0.29, 0.717) is 19.4 Å². The number of likely N-dealkylation sites (tertiary alicyclic amines) is 1. The molecule has 1 aliphatic rings. The average Bonchev–Trinajstić information content (AvgIpc) is 2.44. The Morgan fingerprint density at radius 2 is 2.10 bits per heavy atom. The maximum atomic E-state index is 12.0. The Bertz CT molecular complexity index is 472. The Kier molecular flexibility index (Phi) is 4.90. The molecule has 2 atom stereocenters. The molecule has 0 amide bonds. The third kappa shape index (κ3) is 3.45. The monoisotopic (exact) mass is 275 g/mol. The molecule has 0 radical (unpaired) electrons. The van der Waals surface area contributed by atoms with Crippen molar-refractivity contribution in [2.75, 3.05) is 13.1 Å². The number of hydrogen-bond acceptors (Lipinski definition) is 3. The number of ketones is 1. The van der Waals surface area contributed by atoms with Crippen molar-refractivity contribution in [1.82, 2.24) is 4.90 Å². The van der Waals surface area contributed by atoms with Gasteiger partial charge in [0.2, 0.25) is 0 Å². The molecular weight excluding hydrogens is 254 g/mol. The Balaban J connectivity index is 2.04. The van der Waals surface area contributed by atoms with E-state index in [2.05, 4.69) is 17.0 Å². The molecule has 1 heterocycles. The quantitative estimate of drug-likeness (QED) is 0.895. The topological polar surface area (TPSA) is 57.6 Å². The van der Waals surface area contributed by atoms with Gasteiger partial charge in [0.15, 0.2) is 0 Å². The summed E-state index contributed by atoms with van der Waals surface area (Å²) < 4.78 is 0. The predicted molar refractivity (Wildman–Crippen MR) is 76.2 cm³/mol. The largest absolute Gasteiger partial charge is 0.481 e. The van der Waals surface area contributed by atoms with E-state index in [1.807, 2.05) is 25.1 Å². The molecule has 4 nitrogen and oxygen atoms in total. The SMILES string of the molecule is CCC(C(=O)O)C1CN(Cc2ccccc2)CCC1=O. The van der Waals surface area contributed by atoms with Crippen molar-refractivity contribution in [1.29, 1.82) is 0 Å². The summed E-state index contributed by atoms with van der Waals surface area (Å²) in [6.07, 6.45) is 0.964. The normalized spacial score (nSPS) is 21.6. The van der Waals surface area contributed by atoms with Crippen molar-refractivity contribution in [2.45, 2.75) is 26.3 Å². The van der Waals surface area contributed by atoms with E-state index in [1.165, 1.54) is 5.56 Å². The highest BCUT2D eigenvalue weighted by atomic mass is 16.4. The summed E-state index contributed by atoms with van der Waals surface area (Å²) in [6, 6.07) is 10.1. The van der Waals surface area contributed by atoms with E-state index in [9.17, 15) is 14.7 Å². The molecule has 0 spiro atoms. The van der Waals surface area contributed by atoms with Gasteiger partial charge in [-0.25, -0.2) is 0 Å². The third-order valence-electron chi connectivity index (χ3n) is 4.03. The lowest BCUT2D eigenvalue weighted by Crippen LogP contribution is -2.45. The van der Waals surface area contributed by atoms with Crippen LogP contribution in [0.25, 0.3) is 0 Å². The molecular formula is C16H21NO3. The molecule has 4 heteroatoms. The van der Waals surface area contributed by atoms with Gasteiger partial charge < -0.3 is 5.11 Å². The molecule has 1 saturated heterocycles. The fraction of sp³-hybridized carbons (Fsp3) is 0.500. The van der Waals surface area contributed by atoms with Crippen LogP contribution < -0.4 is 0 Å². The number of carbonyl (C=O) groups is 2. The molecule has 0 saturated carbocycles. The number of carbonyl (C=O) groups excluding carboxylic acids is 1. The summed E-state index contributed by atoms with van der Waals surface area (Å²) in [6.45, 7) is 3.89. The number of carboxylic acids is 1. The number of rotatable bonds is 5. The van der Waals surface area contributed by atoms with Crippen LogP contribution in [0, 0.1) is 11.8 Å². The van der Waals surface area contributed by atoms with Crippen molar-refractivity contribution in [2.24, 2.45) is 11.8 Å². The van der Waals surface area contributed by atoms with Crippen LogP contribution in [0.1, 0.15) is 25.3 Å². The van der Waals surface area contributed by atoms with Gasteiger partial charge in [-0.1, -0.05) is 37.3 Å². The predicted octanol–water partition coefficient (Wildman–Crippen LogP) is 2.19. The zero-order valence-corrected chi connectivity index (χ0v) is 11.8. The fourth-order valence-corrected chi connectivity index (χ4v) is 2.89. The molecule has 20 heavy (non-hydrogen) atoms. The van der Waals surface area contributed by atoms with Crippen molar-refractivity contribution in [3.63, 3.8) is 0 Å². The van der Waals surface area contributed by atoms with Crippen LogP contribution in [0.4, 0.5) is 0 Å². The minimum absolute atomic E-state index is 0.101. The number of carboxylic acid groups (broad SMARTS) is 1. The molecule has 2 rings (SSSR count). The standard InChI is InChI=1S/C16H21NO3/c1-2-13(16(19)20)14-11-17(9-8-15(14)18)10-12-6-4-3-5-7-12/h3-7,13-14H,2,8-11H2,1H3,(H,19,20). The van der Waals surface area contributed by atoms with Gasteiger partial charge in [-0.2, -0.15) is 0 Å². The van der Waals surface area contributed by atoms with Gasteiger partial charge in [-0.05, 0) is 12.0 Å². The van der Waals surface area contributed by atoms with Crippen molar-refractivity contribution in [3.05, 3.63) is 35.9 Å². The van der Waals surface area contributed by atoms with Gasteiger partial charge in [0, 0.05) is 32.0 Å². The highest BCUT2D eigenvalue weighted by Gasteiger charge is 2.36. The molecule has 0 aliphatic carbocycles. The first-order valence-corrected chi connectivity index (χ1v) is 7.13. The minimum Gasteiger partial charge on any atom is -0.481 e.